The highest BCUT2D eigenvalue weighted by Gasteiger charge is 2.08. The molecule has 2 amide bonds. The van der Waals surface area contributed by atoms with Crippen LogP contribution in [0.3, 0.4) is 0 Å². The van der Waals surface area contributed by atoms with Gasteiger partial charge in [0.15, 0.2) is 0 Å². The molecule has 0 heterocycles. The third kappa shape index (κ3) is 3.52. The molecule has 0 fully saturated rings. The average molecular weight is 278 g/mol. The summed E-state index contributed by atoms with van der Waals surface area (Å²) in [4.78, 5) is 11.7. The van der Waals surface area contributed by atoms with Crippen molar-refractivity contribution in [2.45, 2.75) is 6.61 Å². The first-order valence-corrected chi connectivity index (χ1v) is 5.81. The molecular formula is C14H12F2N2O2. The van der Waals surface area contributed by atoms with E-state index < -0.39 is 17.7 Å². The number of hydrogen-bond donors (Lipinski definition) is 3. The van der Waals surface area contributed by atoms with E-state index >= 15 is 0 Å². The number of amides is 2. The number of rotatable bonds is 3. The molecular weight excluding hydrogens is 266 g/mol. The van der Waals surface area contributed by atoms with Gasteiger partial charge in [-0.1, -0.05) is 12.1 Å². The first-order valence-electron chi connectivity index (χ1n) is 5.81. The monoisotopic (exact) mass is 278 g/mol. The summed E-state index contributed by atoms with van der Waals surface area (Å²) in [5, 5.41) is 13.7. The van der Waals surface area contributed by atoms with Crippen molar-refractivity contribution in [3.8, 4) is 0 Å². The minimum atomic E-state index is -0.857. The predicted molar refractivity (Wildman–Crippen MR) is 71.4 cm³/mol. The Hall–Kier alpha value is -2.47. The van der Waals surface area contributed by atoms with E-state index in [1.807, 2.05) is 0 Å². The SMILES string of the molecule is O=C(Nc1cccc(CO)c1)Nc1ccc(F)cc1F. The van der Waals surface area contributed by atoms with Gasteiger partial charge in [0.1, 0.15) is 11.6 Å². The van der Waals surface area contributed by atoms with Gasteiger partial charge < -0.3 is 15.7 Å². The summed E-state index contributed by atoms with van der Waals surface area (Å²) >= 11 is 0. The van der Waals surface area contributed by atoms with Crippen LogP contribution in [0.2, 0.25) is 0 Å². The predicted octanol–water partition coefficient (Wildman–Crippen LogP) is 3.10. The minimum Gasteiger partial charge on any atom is -0.392 e. The van der Waals surface area contributed by atoms with Gasteiger partial charge in [-0.2, -0.15) is 0 Å². The van der Waals surface area contributed by atoms with E-state index in [9.17, 15) is 13.6 Å². The molecule has 20 heavy (non-hydrogen) atoms. The molecule has 0 radical (unpaired) electrons. The molecule has 2 rings (SSSR count). The van der Waals surface area contributed by atoms with Crippen LogP contribution in [-0.4, -0.2) is 11.1 Å². The molecule has 104 valence electrons. The lowest BCUT2D eigenvalue weighted by Gasteiger charge is -2.09. The van der Waals surface area contributed by atoms with Crippen molar-refractivity contribution in [2.75, 3.05) is 10.6 Å². The van der Waals surface area contributed by atoms with Gasteiger partial charge in [-0.3, -0.25) is 0 Å². The number of halogens is 2. The number of carbonyl (C=O) groups is 1. The van der Waals surface area contributed by atoms with Gasteiger partial charge in [0, 0.05) is 11.8 Å². The lowest BCUT2D eigenvalue weighted by molar-refractivity contribution is 0.262. The molecule has 0 aromatic heterocycles. The van der Waals surface area contributed by atoms with Crippen LogP contribution in [-0.2, 0) is 6.61 Å². The molecule has 0 aliphatic rings. The Kier molecular flexibility index (Phi) is 4.27. The largest absolute Gasteiger partial charge is 0.392 e. The Morgan fingerprint density at radius 3 is 2.60 bits per heavy atom. The molecule has 0 unspecified atom stereocenters. The summed E-state index contributed by atoms with van der Waals surface area (Å²) < 4.78 is 26.1. The zero-order valence-electron chi connectivity index (χ0n) is 10.4. The van der Waals surface area contributed by atoms with Crippen LogP contribution >= 0.6 is 0 Å². The molecule has 2 aromatic carbocycles. The van der Waals surface area contributed by atoms with Gasteiger partial charge >= 0.3 is 6.03 Å². The summed E-state index contributed by atoms with van der Waals surface area (Å²) in [6, 6.07) is 8.77. The van der Waals surface area contributed by atoms with Crippen LogP contribution in [0.4, 0.5) is 25.0 Å². The second-order valence-corrected chi connectivity index (χ2v) is 4.06. The van der Waals surface area contributed by atoms with E-state index in [1.54, 1.807) is 24.3 Å². The molecule has 0 saturated carbocycles. The Bertz CT molecular complexity index is 632. The van der Waals surface area contributed by atoms with Gasteiger partial charge in [-0.05, 0) is 29.8 Å². The fourth-order valence-electron chi connectivity index (χ4n) is 1.62. The standard InChI is InChI=1S/C14H12F2N2O2/c15-10-4-5-13(12(16)7-10)18-14(20)17-11-3-1-2-9(6-11)8-19/h1-7,19H,8H2,(H2,17,18,20). The topological polar surface area (TPSA) is 61.4 Å². The number of anilines is 2. The third-order valence-electron chi connectivity index (χ3n) is 2.55. The summed E-state index contributed by atoms with van der Waals surface area (Å²) in [6.45, 7) is -0.149. The van der Waals surface area contributed by atoms with Crippen molar-refractivity contribution in [3.63, 3.8) is 0 Å². The second kappa shape index (κ2) is 6.12. The normalized spacial score (nSPS) is 10.2. The third-order valence-corrected chi connectivity index (χ3v) is 2.55. The summed E-state index contributed by atoms with van der Waals surface area (Å²) in [6.07, 6.45) is 0. The van der Waals surface area contributed by atoms with Crippen LogP contribution in [0.1, 0.15) is 5.56 Å². The molecule has 0 aliphatic heterocycles. The number of benzene rings is 2. The molecule has 0 saturated heterocycles. The lowest BCUT2D eigenvalue weighted by atomic mass is 10.2. The zero-order chi connectivity index (χ0) is 14.5. The van der Waals surface area contributed by atoms with Crippen molar-refractivity contribution in [3.05, 3.63) is 59.7 Å². The number of nitrogens with one attached hydrogen (secondary N) is 2. The summed E-state index contributed by atoms with van der Waals surface area (Å²) in [7, 11) is 0. The number of carbonyl (C=O) groups excluding carboxylic acids is 1. The Morgan fingerprint density at radius 1 is 1.10 bits per heavy atom. The Balaban J connectivity index is 2.05. The number of aliphatic hydroxyl groups excluding tert-OH is 1. The summed E-state index contributed by atoms with van der Waals surface area (Å²) in [5.74, 6) is -1.58. The fourth-order valence-corrected chi connectivity index (χ4v) is 1.62. The van der Waals surface area contributed by atoms with Crippen molar-refractivity contribution in [1.29, 1.82) is 0 Å². The zero-order valence-corrected chi connectivity index (χ0v) is 10.4. The number of aliphatic hydroxyl groups is 1. The molecule has 2 aromatic rings. The maximum atomic E-state index is 13.4. The number of hydrogen-bond acceptors (Lipinski definition) is 2. The van der Waals surface area contributed by atoms with Crippen LogP contribution in [0.15, 0.2) is 42.5 Å². The van der Waals surface area contributed by atoms with Crippen molar-refractivity contribution in [2.24, 2.45) is 0 Å². The highest BCUT2D eigenvalue weighted by atomic mass is 19.1. The maximum absolute atomic E-state index is 13.4. The first kappa shape index (κ1) is 14.0. The van der Waals surface area contributed by atoms with Gasteiger partial charge in [0.05, 0.1) is 12.3 Å². The molecule has 0 bridgehead atoms. The number of urea groups is 1. The van der Waals surface area contributed by atoms with Crippen LogP contribution in [0, 0.1) is 11.6 Å². The fraction of sp³-hybridized carbons (Fsp3) is 0.0714. The molecule has 4 nitrogen and oxygen atoms in total. The van der Waals surface area contributed by atoms with E-state index in [4.69, 9.17) is 5.11 Å². The molecule has 0 spiro atoms. The van der Waals surface area contributed by atoms with E-state index in [2.05, 4.69) is 10.6 Å². The smallest absolute Gasteiger partial charge is 0.323 e. The van der Waals surface area contributed by atoms with Crippen LogP contribution in [0.5, 0.6) is 0 Å². The first-order chi connectivity index (χ1) is 9.58. The van der Waals surface area contributed by atoms with Crippen molar-refractivity contribution < 1.29 is 18.7 Å². The molecule has 0 atom stereocenters. The van der Waals surface area contributed by atoms with Gasteiger partial charge in [0.25, 0.3) is 0 Å². The quantitative estimate of drug-likeness (QED) is 0.808. The second-order valence-electron chi connectivity index (χ2n) is 4.06. The lowest BCUT2D eigenvalue weighted by Crippen LogP contribution is -2.20. The van der Waals surface area contributed by atoms with Gasteiger partial charge in [-0.25, -0.2) is 13.6 Å². The van der Waals surface area contributed by atoms with Crippen molar-refractivity contribution in [1.82, 2.24) is 0 Å². The average Bonchev–Trinajstić information content (AvgIpc) is 2.42. The Morgan fingerprint density at radius 2 is 1.90 bits per heavy atom. The molecule has 0 aliphatic carbocycles. The van der Waals surface area contributed by atoms with Gasteiger partial charge in [0.2, 0.25) is 0 Å². The maximum Gasteiger partial charge on any atom is 0.323 e. The van der Waals surface area contributed by atoms with E-state index in [-0.39, 0.29) is 12.3 Å². The van der Waals surface area contributed by atoms with Crippen LogP contribution < -0.4 is 10.6 Å². The minimum absolute atomic E-state index is 0.123. The van der Waals surface area contributed by atoms with E-state index in [1.165, 1.54) is 0 Å². The van der Waals surface area contributed by atoms with Crippen molar-refractivity contribution >= 4 is 17.4 Å². The molecule has 3 N–H and O–H groups in total. The Labute approximate surface area is 114 Å². The van der Waals surface area contributed by atoms with E-state index in [0.717, 1.165) is 12.1 Å². The highest BCUT2D eigenvalue weighted by molar-refractivity contribution is 5.99. The van der Waals surface area contributed by atoms with E-state index in [0.29, 0.717) is 17.3 Å². The van der Waals surface area contributed by atoms with Gasteiger partial charge in [-0.15, -0.1) is 0 Å². The summed E-state index contributed by atoms with van der Waals surface area (Å²) in [5.41, 5.74) is 0.967. The highest BCUT2D eigenvalue weighted by Crippen LogP contribution is 2.16. The van der Waals surface area contributed by atoms with Crippen LogP contribution in [0.25, 0.3) is 0 Å². The molecule has 6 heteroatoms.